The van der Waals surface area contributed by atoms with E-state index in [0.29, 0.717) is 24.7 Å². The Hall–Kier alpha value is -2.02. The Labute approximate surface area is 204 Å². The Morgan fingerprint density at radius 3 is 2.47 bits per heavy atom. The van der Waals surface area contributed by atoms with Crippen molar-refractivity contribution in [2.45, 2.75) is 19.8 Å². The molecule has 0 unspecified atom stereocenters. The molecule has 2 aromatic carbocycles. The van der Waals surface area contributed by atoms with Gasteiger partial charge in [0.1, 0.15) is 6.61 Å². The topological polar surface area (TPSA) is 42.0 Å². The van der Waals surface area contributed by atoms with E-state index in [0.717, 1.165) is 46.8 Å². The van der Waals surface area contributed by atoms with Crippen molar-refractivity contribution >= 4 is 45.5 Å². The van der Waals surface area contributed by atoms with Crippen LogP contribution in [-0.2, 0) is 4.79 Å². The van der Waals surface area contributed by atoms with Crippen LogP contribution in [0.25, 0.3) is 5.57 Å². The molecular weight excluding hydrogens is 492 g/mol. The minimum Gasteiger partial charge on any atom is -0.493 e. The summed E-state index contributed by atoms with van der Waals surface area (Å²) in [6.07, 6.45) is 4.49. The van der Waals surface area contributed by atoms with E-state index in [2.05, 4.69) is 27.8 Å². The maximum Gasteiger partial charge on any atom is 0.258 e. The van der Waals surface area contributed by atoms with Crippen molar-refractivity contribution in [1.82, 2.24) is 4.90 Å². The molecule has 172 valence electrons. The molecule has 1 fully saturated rings. The second-order valence-corrected chi connectivity index (χ2v) is 9.16. The predicted molar refractivity (Wildman–Crippen MR) is 135 cm³/mol. The van der Waals surface area contributed by atoms with Gasteiger partial charge in [-0.15, -0.1) is 12.4 Å². The molecule has 4 rings (SSSR count). The first kappa shape index (κ1) is 24.6. The number of carbonyl (C=O) groups is 1. The van der Waals surface area contributed by atoms with Gasteiger partial charge in [-0.1, -0.05) is 41.1 Å². The van der Waals surface area contributed by atoms with Crippen molar-refractivity contribution < 1.29 is 14.3 Å². The molecule has 1 amide bonds. The van der Waals surface area contributed by atoms with Crippen molar-refractivity contribution in [3.8, 4) is 11.5 Å². The highest BCUT2D eigenvalue weighted by molar-refractivity contribution is 9.10. The number of ether oxygens (including phenoxy) is 2. The quantitative estimate of drug-likeness (QED) is 0.488. The molecule has 0 atom stereocenters. The van der Waals surface area contributed by atoms with Crippen LogP contribution in [0.4, 0.5) is 5.69 Å². The van der Waals surface area contributed by atoms with Crippen molar-refractivity contribution in [2.75, 3.05) is 44.8 Å². The number of halogens is 2. The van der Waals surface area contributed by atoms with Crippen molar-refractivity contribution in [1.29, 1.82) is 0 Å². The standard InChI is InChI=1S/C25H29BrN2O3.ClH/c1-18-9-12-27(13-10-18)15-16-31-24-17-21(7-8-23(24)30-2)28-14-11-22(25(28)29)19-3-5-20(26)6-4-19;/h3-8,11,17-18H,9-10,12-16H2,1-2H3;1H. The lowest BCUT2D eigenvalue weighted by Gasteiger charge is -2.30. The monoisotopic (exact) mass is 520 g/mol. The highest BCUT2D eigenvalue weighted by Crippen LogP contribution is 2.35. The molecule has 5 nitrogen and oxygen atoms in total. The van der Waals surface area contributed by atoms with Crippen LogP contribution in [-0.4, -0.2) is 50.7 Å². The van der Waals surface area contributed by atoms with Gasteiger partial charge < -0.3 is 14.4 Å². The molecule has 0 aliphatic carbocycles. The van der Waals surface area contributed by atoms with Crippen LogP contribution in [0.5, 0.6) is 11.5 Å². The van der Waals surface area contributed by atoms with Crippen molar-refractivity contribution in [2.24, 2.45) is 5.92 Å². The summed E-state index contributed by atoms with van der Waals surface area (Å²) in [6.45, 7) is 6.63. The van der Waals surface area contributed by atoms with E-state index in [-0.39, 0.29) is 18.3 Å². The number of anilines is 1. The lowest BCUT2D eigenvalue weighted by atomic mass is 9.99. The predicted octanol–water partition coefficient (Wildman–Crippen LogP) is 5.42. The van der Waals surface area contributed by atoms with Crippen LogP contribution < -0.4 is 14.4 Å². The maximum atomic E-state index is 13.1. The van der Waals surface area contributed by atoms with Crippen LogP contribution in [0.2, 0.25) is 0 Å². The highest BCUT2D eigenvalue weighted by atomic mass is 79.9. The molecule has 7 heteroatoms. The highest BCUT2D eigenvalue weighted by Gasteiger charge is 2.27. The fraction of sp³-hybridized carbons (Fsp3) is 0.400. The SMILES string of the molecule is COc1ccc(N2CC=C(c3ccc(Br)cc3)C2=O)cc1OCCN1CCC(C)CC1.Cl. The zero-order valence-electron chi connectivity index (χ0n) is 18.6. The molecule has 32 heavy (non-hydrogen) atoms. The summed E-state index contributed by atoms with van der Waals surface area (Å²) in [4.78, 5) is 17.3. The number of piperidine rings is 1. The van der Waals surface area contributed by atoms with Crippen LogP contribution in [0.3, 0.4) is 0 Å². The minimum atomic E-state index is 0. The Morgan fingerprint density at radius 1 is 1.06 bits per heavy atom. The van der Waals surface area contributed by atoms with Gasteiger partial charge in [-0.2, -0.15) is 0 Å². The first-order valence-electron chi connectivity index (χ1n) is 10.9. The molecule has 2 aromatic rings. The van der Waals surface area contributed by atoms with Gasteiger partial charge in [-0.3, -0.25) is 9.69 Å². The fourth-order valence-corrected chi connectivity index (χ4v) is 4.37. The number of carbonyl (C=O) groups excluding carboxylic acids is 1. The van der Waals surface area contributed by atoms with Gasteiger partial charge in [-0.25, -0.2) is 0 Å². The summed E-state index contributed by atoms with van der Waals surface area (Å²) in [7, 11) is 1.64. The van der Waals surface area contributed by atoms with Crippen LogP contribution in [0.1, 0.15) is 25.3 Å². The summed E-state index contributed by atoms with van der Waals surface area (Å²) in [5.41, 5.74) is 2.47. The van der Waals surface area contributed by atoms with Gasteiger partial charge in [0.2, 0.25) is 0 Å². The zero-order chi connectivity index (χ0) is 21.8. The molecule has 2 aliphatic rings. The van der Waals surface area contributed by atoms with Gasteiger partial charge in [0.05, 0.1) is 7.11 Å². The number of rotatable bonds is 7. The second-order valence-electron chi connectivity index (χ2n) is 8.25. The second kappa shape index (κ2) is 11.2. The summed E-state index contributed by atoms with van der Waals surface area (Å²) in [5, 5.41) is 0. The average molecular weight is 522 g/mol. The van der Waals surface area contributed by atoms with E-state index >= 15 is 0 Å². The number of benzene rings is 2. The van der Waals surface area contributed by atoms with E-state index < -0.39 is 0 Å². The van der Waals surface area contributed by atoms with Crippen molar-refractivity contribution in [3.05, 3.63) is 58.6 Å². The summed E-state index contributed by atoms with van der Waals surface area (Å²) in [6, 6.07) is 13.5. The Kier molecular flexibility index (Phi) is 8.63. The number of hydrogen-bond acceptors (Lipinski definition) is 4. The van der Waals surface area contributed by atoms with Gasteiger partial charge in [0, 0.05) is 34.9 Å². The minimum absolute atomic E-state index is 0. The van der Waals surface area contributed by atoms with Gasteiger partial charge in [0.25, 0.3) is 5.91 Å². The molecule has 0 radical (unpaired) electrons. The molecule has 2 aliphatic heterocycles. The summed E-state index contributed by atoms with van der Waals surface area (Å²) < 4.78 is 12.6. The number of hydrogen-bond donors (Lipinski definition) is 0. The smallest absolute Gasteiger partial charge is 0.258 e. The largest absolute Gasteiger partial charge is 0.493 e. The van der Waals surface area contributed by atoms with E-state index in [1.165, 1.54) is 12.8 Å². The number of amides is 1. The molecule has 2 heterocycles. The number of likely N-dealkylation sites (tertiary alicyclic amines) is 1. The van der Waals surface area contributed by atoms with Gasteiger partial charge in [0.15, 0.2) is 11.5 Å². The zero-order valence-corrected chi connectivity index (χ0v) is 21.0. The van der Waals surface area contributed by atoms with Gasteiger partial charge in [-0.05, 0) is 61.7 Å². The van der Waals surface area contributed by atoms with E-state index in [4.69, 9.17) is 9.47 Å². The number of nitrogens with zero attached hydrogens (tertiary/aromatic N) is 2. The third-order valence-corrected chi connectivity index (χ3v) is 6.64. The van der Waals surface area contributed by atoms with E-state index in [1.54, 1.807) is 12.0 Å². The van der Waals surface area contributed by atoms with Crippen LogP contribution in [0.15, 0.2) is 53.0 Å². The third kappa shape index (κ3) is 5.66. The lowest BCUT2D eigenvalue weighted by Crippen LogP contribution is -2.35. The Balaban J connectivity index is 0.00000289. The van der Waals surface area contributed by atoms with Crippen LogP contribution >= 0.6 is 28.3 Å². The molecule has 0 aromatic heterocycles. The summed E-state index contributed by atoms with van der Waals surface area (Å²) >= 11 is 3.44. The van der Waals surface area contributed by atoms with Crippen molar-refractivity contribution in [3.63, 3.8) is 0 Å². The first-order valence-corrected chi connectivity index (χ1v) is 11.7. The molecule has 1 saturated heterocycles. The lowest BCUT2D eigenvalue weighted by molar-refractivity contribution is -0.112. The first-order chi connectivity index (χ1) is 15.0. The third-order valence-electron chi connectivity index (χ3n) is 6.11. The normalized spacial score (nSPS) is 17.2. The van der Waals surface area contributed by atoms with E-state index in [9.17, 15) is 4.79 Å². The number of methoxy groups -OCH3 is 1. The molecule has 0 N–H and O–H groups in total. The van der Waals surface area contributed by atoms with Gasteiger partial charge >= 0.3 is 0 Å². The molecule has 0 bridgehead atoms. The van der Waals surface area contributed by atoms with E-state index in [1.807, 2.05) is 48.5 Å². The Bertz CT molecular complexity index is 956. The molecule has 0 saturated carbocycles. The summed E-state index contributed by atoms with van der Waals surface area (Å²) in [5.74, 6) is 2.18. The molecular formula is C25H30BrClN2O3. The molecule has 0 spiro atoms. The maximum absolute atomic E-state index is 13.1. The fourth-order valence-electron chi connectivity index (χ4n) is 4.11. The Morgan fingerprint density at radius 2 is 1.78 bits per heavy atom. The van der Waals surface area contributed by atoms with Crippen LogP contribution in [0, 0.1) is 5.92 Å². The average Bonchev–Trinajstić information content (AvgIpc) is 3.17.